The standard InChI is InChI=1S/C13H16N4O/c1-9-10(2)17(8-15-9)7-13(18)16-12-6-4-3-5-11(12)14/h3-6,8H,7,14H2,1-2H3,(H,16,18). The summed E-state index contributed by atoms with van der Waals surface area (Å²) < 4.78 is 1.81. The molecule has 18 heavy (non-hydrogen) atoms. The second kappa shape index (κ2) is 4.91. The van der Waals surface area contributed by atoms with Crippen LogP contribution >= 0.6 is 0 Å². The second-order valence-electron chi connectivity index (χ2n) is 4.18. The van der Waals surface area contributed by atoms with Gasteiger partial charge in [0.25, 0.3) is 0 Å². The van der Waals surface area contributed by atoms with Gasteiger partial charge in [0.1, 0.15) is 6.54 Å². The van der Waals surface area contributed by atoms with Crippen LogP contribution in [0.1, 0.15) is 11.4 Å². The number of aryl methyl sites for hydroxylation is 1. The molecule has 0 fully saturated rings. The van der Waals surface area contributed by atoms with E-state index in [1.165, 1.54) is 0 Å². The van der Waals surface area contributed by atoms with Crippen LogP contribution in [0, 0.1) is 13.8 Å². The highest BCUT2D eigenvalue weighted by Gasteiger charge is 2.08. The first-order valence-corrected chi connectivity index (χ1v) is 5.70. The number of anilines is 2. The van der Waals surface area contributed by atoms with E-state index in [9.17, 15) is 4.79 Å². The van der Waals surface area contributed by atoms with Gasteiger partial charge < -0.3 is 15.6 Å². The number of nitrogens with two attached hydrogens (primary N) is 1. The van der Waals surface area contributed by atoms with Gasteiger partial charge in [-0.15, -0.1) is 0 Å². The van der Waals surface area contributed by atoms with Gasteiger partial charge in [-0.05, 0) is 26.0 Å². The molecule has 0 bridgehead atoms. The Hall–Kier alpha value is -2.30. The molecule has 94 valence electrons. The van der Waals surface area contributed by atoms with Gasteiger partial charge in [-0.3, -0.25) is 4.79 Å². The first-order chi connectivity index (χ1) is 8.58. The quantitative estimate of drug-likeness (QED) is 0.807. The average molecular weight is 244 g/mol. The van der Waals surface area contributed by atoms with E-state index >= 15 is 0 Å². The molecule has 1 heterocycles. The molecule has 2 rings (SSSR count). The number of carbonyl (C=O) groups excluding carboxylic acids is 1. The minimum absolute atomic E-state index is 0.117. The maximum Gasteiger partial charge on any atom is 0.244 e. The fourth-order valence-electron chi connectivity index (χ4n) is 1.66. The lowest BCUT2D eigenvalue weighted by atomic mass is 10.2. The Labute approximate surface area is 106 Å². The highest BCUT2D eigenvalue weighted by molar-refractivity contribution is 5.93. The molecule has 0 aliphatic heterocycles. The van der Waals surface area contributed by atoms with E-state index in [-0.39, 0.29) is 12.5 Å². The Kier molecular flexibility index (Phi) is 3.32. The number of nitrogens with one attached hydrogen (secondary N) is 1. The third kappa shape index (κ3) is 2.51. The number of imidazole rings is 1. The number of aromatic nitrogens is 2. The number of benzene rings is 1. The Morgan fingerprint density at radius 2 is 2.11 bits per heavy atom. The smallest absolute Gasteiger partial charge is 0.244 e. The second-order valence-corrected chi connectivity index (χ2v) is 4.18. The van der Waals surface area contributed by atoms with Crippen molar-refractivity contribution in [2.45, 2.75) is 20.4 Å². The van der Waals surface area contributed by atoms with Crippen LogP contribution in [0.2, 0.25) is 0 Å². The summed E-state index contributed by atoms with van der Waals surface area (Å²) in [5.74, 6) is -0.117. The van der Waals surface area contributed by atoms with Crippen LogP contribution in [-0.2, 0) is 11.3 Å². The van der Waals surface area contributed by atoms with Gasteiger partial charge >= 0.3 is 0 Å². The Balaban J connectivity index is 2.06. The number of para-hydroxylation sites is 2. The van der Waals surface area contributed by atoms with Gasteiger partial charge in [0, 0.05) is 5.69 Å². The normalized spacial score (nSPS) is 10.3. The molecule has 0 unspecified atom stereocenters. The lowest BCUT2D eigenvalue weighted by Gasteiger charge is -2.09. The first kappa shape index (κ1) is 12.2. The molecule has 0 radical (unpaired) electrons. The number of amides is 1. The van der Waals surface area contributed by atoms with Crippen molar-refractivity contribution in [3.8, 4) is 0 Å². The molecule has 1 aromatic carbocycles. The number of carbonyl (C=O) groups is 1. The lowest BCUT2D eigenvalue weighted by molar-refractivity contribution is -0.116. The van der Waals surface area contributed by atoms with E-state index in [4.69, 9.17) is 5.73 Å². The summed E-state index contributed by atoms with van der Waals surface area (Å²) in [5.41, 5.74) is 8.88. The SMILES string of the molecule is Cc1ncn(CC(=O)Nc2ccccc2N)c1C. The molecular formula is C13H16N4O. The number of hydrogen-bond acceptors (Lipinski definition) is 3. The lowest BCUT2D eigenvalue weighted by Crippen LogP contribution is -2.19. The van der Waals surface area contributed by atoms with Gasteiger partial charge in [-0.2, -0.15) is 0 Å². The fraction of sp³-hybridized carbons (Fsp3) is 0.231. The van der Waals surface area contributed by atoms with Crippen molar-refractivity contribution >= 4 is 17.3 Å². The Morgan fingerprint density at radius 1 is 1.39 bits per heavy atom. The summed E-state index contributed by atoms with van der Waals surface area (Å²) in [4.78, 5) is 16.0. The molecule has 5 nitrogen and oxygen atoms in total. The van der Waals surface area contributed by atoms with Crippen LogP contribution in [0.4, 0.5) is 11.4 Å². The molecule has 0 aliphatic carbocycles. The third-order valence-corrected chi connectivity index (χ3v) is 2.89. The van der Waals surface area contributed by atoms with Crippen LogP contribution in [0.3, 0.4) is 0 Å². The van der Waals surface area contributed by atoms with Crippen LogP contribution in [0.5, 0.6) is 0 Å². The largest absolute Gasteiger partial charge is 0.397 e. The number of nitrogen functional groups attached to an aromatic ring is 1. The summed E-state index contributed by atoms with van der Waals surface area (Å²) >= 11 is 0. The summed E-state index contributed by atoms with van der Waals surface area (Å²) in [6, 6.07) is 7.19. The topological polar surface area (TPSA) is 72.9 Å². The molecule has 0 aliphatic rings. The van der Waals surface area contributed by atoms with Crippen LogP contribution in [-0.4, -0.2) is 15.5 Å². The summed E-state index contributed by atoms with van der Waals surface area (Å²) in [6.45, 7) is 4.09. The Bertz CT molecular complexity index is 574. The highest BCUT2D eigenvalue weighted by atomic mass is 16.1. The molecule has 0 atom stereocenters. The average Bonchev–Trinajstić information content (AvgIpc) is 2.64. The monoisotopic (exact) mass is 244 g/mol. The van der Waals surface area contributed by atoms with Crippen LogP contribution in [0.15, 0.2) is 30.6 Å². The molecule has 3 N–H and O–H groups in total. The van der Waals surface area contributed by atoms with Crippen LogP contribution < -0.4 is 11.1 Å². The molecule has 0 spiro atoms. The van der Waals surface area contributed by atoms with E-state index in [2.05, 4.69) is 10.3 Å². The third-order valence-electron chi connectivity index (χ3n) is 2.89. The molecule has 1 amide bonds. The first-order valence-electron chi connectivity index (χ1n) is 5.70. The zero-order valence-corrected chi connectivity index (χ0v) is 10.5. The molecule has 0 saturated carbocycles. The number of hydrogen-bond donors (Lipinski definition) is 2. The van der Waals surface area contributed by atoms with Crippen molar-refractivity contribution in [1.29, 1.82) is 0 Å². The van der Waals surface area contributed by atoms with Gasteiger partial charge in [0.2, 0.25) is 5.91 Å². The van der Waals surface area contributed by atoms with E-state index in [0.29, 0.717) is 11.4 Å². The number of nitrogens with zero attached hydrogens (tertiary/aromatic N) is 2. The minimum Gasteiger partial charge on any atom is -0.397 e. The predicted octanol–water partition coefficient (Wildman–Crippen LogP) is 1.72. The minimum atomic E-state index is -0.117. The summed E-state index contributed by atoms with van der Waals surface area (Å²) in [5, 5.41) is 2.78. The molecule has 1 aromatic heterocycles. The maximum atomic E-state index is 11.9. The Morgan fingerprint density at radius 3 is 2.72 bits per heavy atom. The van der Waals surface area contributed by atoms with E-state index in [1.807, 2.05) is 30.5 Å². The summed E-state index contributed by atoms with van der Waals surface area (Å²) in [6.07, 6.45) is 1.67. The molecule has 2 aromatic rings. The van der Waals surface area contributed by atoms with Crippen LogP contribution in [0.25, 0.3) is 0 Å². The van der Waals surface area contributed by atoms with Gasteiger partial charge in [-0.25, -0.2) is 4.98 Å². The van der Waals surface area contributed by atoms with Crippen molar-refractivity contribution < 1.29 is 4.79 Å². The van der Waals surface area contributed by atoms with Gasteiger partial charge in [-0.1, -0.05) is 12.1 Å². The van der Waals surface area contributed by atoms with E-state index in [0.717, 1.165) is 11.4 Å². The molecule has 0 saturated heterocycles. The van der Waals surface area contributed by atoms with E-state index in [1.54, 1.807) is 18.5 Å². The highest BCUT2D eigenvalue weighted by Crippen LogP contribution is 2.16. The number of rotatable bonds is 3. The van der Waals surface area contributed by atoms with Gasteiger partial charge in [0.15, 0.2) is 0 Å². The van der Waals surface area contributed by atoms with Gasteiger partial charge in [0.05, 0.1) is 23.4 Å². The zero-order valence-electron chi connectivity index (χ0n) is 10.5. The van der Waals surface area contributed by atoms with Crippen molar-refractivity contribution in [2.75, 3.05) is 11.1 Å². The van der Waals surface area contributed by atoms with Crippen molar-refractivity contribution in [3.63, 3.8) is 0 Å². The van der Waals surface area contributed by atoms with Crippen molar-refractivity contribution in [3.05, 3.63) is 42.0 Å². The fourth-order valence-corrected chi connectivity index (χ4v) is 1.66. The zero-order chi connectivity index (χ0) is 13.1. The van der Waals surface area contributed by atoms with E-state index < -0.39 is 0 Å². The maximum absolute atomic E-state index is 11.9. The molecular weight excluding hydrogens is 228 g/mol. The van der Waals surface area contributed by atoms with Crippen molar-refractivity contribution in [2.24, 2.45) is 0 Å². The summed E-state index contributed by atoms with van der Waals surface area (Å²) in [7, 11) is 0. The molecule has 5 heteroatoms. The van der Waals surface area contributed by atoms with Crippen molar-refractivity contribution in [1.82, 2.24) is 9.55 Å². The predicted molar refractivity (Wildman–Crippen MR) is 71.2 cm³/mol.